The second-order valence-electron chi connectivity index (χ2n) is 5.39. The molecule has 0 bridgehead atoms. The number of ether oxygens (including phenoxy) is 2. The van der Waals surface area contributed by atoms with Crippen molar-refractivity contribution in [1.82, 2.24) is 5.32 Å². The third-order valence-corrected chi connectivity index (χ3v) is 4.07. The SMILES string of the molecule is CCOc1cccc(/C=C2\NC(=S)N(c3ccccc3F)C2=O)c1OC. The molecule has 1 fully saturated rings. The lowest BCUT2D eigenvalue weighted by Crippen LogP contribution is -2.31. The van der Waals surface area contributed by atoms with E-state index in [0.717, 1.165) is 4.90 Å². The maximum Gasteiger partial charge on any atom is 0.281 e. The number of para-hydroxylation sites is 2. The highest BCUT2D eigenvalue weighted by molar-refractivity contribution is 7.80. The number of hydrogen-bond donors (Lipinski definition) is 1. The lowest BCUT2D eigenvalue weighted by Gasteiger charge is -2.14. The van der Waals surface area contributed by atoms with Crippen molar-refractivity contribution in [2.45, 2.75) is 6.92 Å². The fourth-order valence-corrected chi connectivity index (χ4v) is 2.97. The van der Waals surface area contributed by atoms with E-state index in [4.69, 9.17) is 21.7 Å². The van der Waals surface area contributed by atoms with Gasteiger partial charge < -0.3 is 14.8 Å². The van der Waals surface area contributed by atoms with Crippen molar-refractivity contribution in [2.24, 2.45) is 0 Å². The molecule has 1 N–H and O–H groups in total. The largest absolute Gasteiger partial charge is 0.492 e. The Bertz CT molecular complexity index is 898. The Morgan fingerprint density at radius 3 is 2.69 bits per heavy atom. The number of nitrogens with one attached hydrogen (secondary N) is 1. The number of anilines is 1. The van der Waals surface area contributed by atoms with Crippen LogP contribution in [0, 0.1) is 5.82 Å². The quantitative estimate of drug-likeness (QED) is 0.643. The first kappa shape index (κ1) is 17.9. The molecule has 1 amide bonds. The first-order valence-electron chi connectivity index (χ1n) is 7.98. The number of thiocarbonyl (C=S) groups is 1. The number of nitrogens with zero attached hydrogens (tertiary/aromatic N) is 1. The molecule has 0 aromatic heterocycles. The van der Waals surface area contributed by atoms with Crippen LogP contribution in [-0.4, -0.2) is 24.7 Å². The Labute approximate surface area is 156 Å². The second-order valence-corrected chi connectivity index (χ2v) is 5.78. The summed E-state index contributed by atoms with van der Waals surface area (Å²) >= 11 is 5.21. The Balaban J connectivity index is 1.99. The molecule has 0 radical (unpaired) electrons. The third-order valence-electron chi connectivity index (χ3n) is 3.78. The van der Waals surface area contributed by atoms with Crippen LogP contribution in [-0.2, 0) is 4.79 Å². The molecule has 0 unspecified atom stereocenters. The Morgan fingerprint density at radius 1 is 1.23 bits per heavy atom. The molecule has 1 heterocycles. The molecule has 0 aliphatic carbocycles. The second kappa shape index (κ2) is 7.53. The molecule has 3 rings (SSSR count). The molecule has 2 aromatic carbocycles. The average Bonchev–Trinajstić information content (AvgIpc) is 2.90. The molecular weight excluding hydrogens is 355 g/mol. The summed E-state index contributed by atoms with van der Waals surface area (Å²) in [6.07, 6.45) is 1.61. The zero-order chi connectivity index (χ0) is 18.7. The lowest BCUT2D eigenvalue weighted by atomic mass is 10.1. The van der Waals surface area contributed by atoms with E-state index in [1.165, 1.54) is 19.2 Å². The van der Waals surface area contributed by atoms with Gasteiger partial charge in [0.25, 0.3) is 5.91 Å². The first-order chi connectivity index (χ1) is 12.6. The van der Waals surface area contributed by atoms with Crippen LogP contribution in [0.2, 0.25) is 0 Å². The van der Waals surface area contributed by atoms with Gasteiger partial charge in [-0.15, -0.1) is 0 Å². The van der Waals surface area contributed by atoms with Crippen LogP contribution in [0.15, 0.2) is 48.2 Å². The van der Waals surface area contributed by atoms with E-state index < -0.39 is 11.7 Å². The molecule has 1 saturated heterocycles. The van der Waals surface area contributed by atoms with Gasteiger partial charge in [-0.05, 0) is 43.4 Å². The standard InChI is InChI=1S/C19H17FN2O3S/c1-3-25-16-10-6-7-12(17(16)24-2)11-14-18(23)22(19(26)21-14)15-9-5-4-8-13(15)20/h4-11H,3H2,1-2H3,(H,21,26)/b14-11-. The predicted molar refractivity (Wildman–Crippen MR) is 102 cm³/mol. The highest BCUT2D eigenvalue weighted by Gasteiger charge is 2.33. The zero-order valence-electron chi connectivity index (χ0n) is 14.3. The molecule has 7 heteroatoms. The first-order valence-corrected chi connectivity index (χ1v) is 8.39. The van der Waals surface area contributed by atoms with E-state index in [1.54, 1.807) is 36.4 Å². The van der Waals surface area contributed by atoms with E-state index in [9.17, 15) is 9.18 Å². The van der Waals surface area contributed by atoms with Gasteiger partial charge in [0, 0.05) is 5.56 Å². The van der Waals surface area contributed by atoms with Crippen molar-refractivity contribution in [3.05, 3.63) is 59.5 Å². The van der Waals surface area contributed by atoms with Crippen LogP contribution in [0.5, 0.6) is 11.5 Å². The Morgan fingerprint density at radius 2 is 2.00 bits per heavy atom. The van der Waals surface area contributed by atoms with Crippen LogP contribution >= 0.6 is 12.2 Å². The van der Waals surface area contributed by atoms with Gasteiger partial charge in [-0.2, -0.15) is 0 Å². The minimum absolute atomic E-state index is 0.105. The molecule has 1 aliphatic rings. The van der Waals surface area contributed by atoms with Crippen molar-refractivity contribution >= 4 is 35.0 Å². The van der Waals surface area contributed by atoms with E-state index in [1.807, 2.05) is 6.92 Å². The number of carbonyl (C=O) groups excluding carboxylic acids is 1. The summed E-state index contributed by atoms with van der Waals surface area (Å²) in [7, 11) is 1.53. The molecule has 2 aromatic rings. The predicted octanol–water partition coefficient (Wildman–Crippen LogP) is 3.50. The van der Waals surface area contributed by atoms with Crippen LogP contribution in [0.25, 0.3) is 6.08 Å². The van der Waals surface area contributed by atoms with E-state index in [-0.39, 0.29) is 16.5 Å². The van der Waals surface area contributed by atoms with E-state index in [2.05, 4.69) is 5.32 Å². The maximum atomic E-state index is 14.1. The summed E-state index contributed by atoms with van der Waals surface area (Å²) in [6.45, 7) is 2.36. The number of amides is 1. The van der Waals surface area contributed by atoms with Gasteiger partial charge in [0.15, 0.2) is 16.6 Å². The van der Waals surface area contributed by atoms with Gasteiger partial charge in [0.2, 0.25) is 0 Å². The van der Waals surface area contributed by atoms with Crippen LogP contribution in [0.4, 0.5) is 10.1 Å². The fourth-order valence-electron chi connectivity index (χ4n) is 2.68. The molecule has 26 heavy (non-hydrogen) atoms. The van der Waals surface area contributed by atoms with Gasteiger partial charge >= 0.3 is 0 Å². The summed E-state index contributed by atoms with van der Waals surface area (Å²) in [5.41, 5.74) is 0.978. The van der Waals surface area contributed by atoms with Crippen LogP contribution in [0.3, 0.4) is 0 Å². The molecule has 1 aliphatic heterocycles. The molecule has 0 atom stereocenters. The summed E-state index contributed by atoms with van der Waals surface area (Å²) in [5.74, 6) is 0.112. The minimum atomic E-state index is -0.526. The molecule has 5 nitrogen and oxygen atoms in total. The number of methoxy groups -OCH3 is 1. The highest BCUT2D eigenvalue weighted by atomic mass is 32.1. The number of rotatable bonds is 5. The Kier molecular flexibility index (Phi) is 5.18. The summed E-state index contributed by atoms with van der Waals surface area (Å²) in [5, 5.41) is 2.95. The maximum absolute atomic E-state index is 14.1. The van der Waals surface area contributed by atoms with Gasteiger partial charge in [-0.1, -0.05) is 24.3 Å². The highest BCUT2D eigenvalue weighted by Crippen LogP contribution is 2.33. The van der Waals surface area contributed by atoms with Gasteiger partial charge in [0.1, 0.15) is 11.5 Å². The number of carbonyl (C=O) groups is 1. The molecular formula is C19H17FN2O3S. The monoisotopic (exact) mass is 372 g/mol. The minimum Gasteiger partial charge on any atom is -0.492 e. The summed E-state index contributed by atoms with van der Waals surface area (Å²) in [4.78, 5) is 13.9. The van der Waals surface area contributed by atoms with Gasteiger partial charge in [0.05, 0.1) is 19.4 Å². The van der Waals surface area contributed by atoms with Crippen LogP contribution < -0.4 is 19.7 Å². The third kappa shape index (κ3) is 3.25. The summed E-state index contributed by atoms with van der Waals surface area (Å²) < 4.78 is 25.0. The molecule has 0 saturated carbocycles. The summed E-state index contributed by atoms with van der Waals surface area (Å²) in [6, 6.07) is 11.3. The normalized spacial score (nSPS) is 15.3. The van der Waals surface area contributed by atoms with E-state index in [0.29, 0.717) is 23.7 Å². The van der Waals surface area contributed by atoms with Crippen molar-refractivity contribution in [3.8, 4) is 11.5 Å². The number of benzene rings is 2. The molecule has 0 spiro atoms. The fraction of sp³-hybridized carbons (Fsp3) is 0.158. The van der Waals surface area contributed by atoms with Crippen molar-refractivity contribution in [3.63, 3.8) is 0 Å². The Hall–Kier alpha value is -2.93. The number of halogens is 1. The smallest absolute Gasteiger partial charge is 0.281 e. The van der Waals surface area contributed by atoms with Crippen molar-refractivity contribution in [2.75, 3.05) is 18.6 Å². The van der Waals surface area contributed by atoms with Gasteiger partial charge in [-0.3, -0.25) is 4.79 Å². The number of hydrogen-bond acceptors (Lipinski definition) is 4. The topological polar surface area (TPSA) is 50.8 Å². The van der Waals surface area contributed by atoms with Gasteiger partial charge in [-0.25, -0.2) is 9.29 Å². The van der Waals surface area contributed by atoms with Crippen LogP contribution in [0.1, 0.15) is 12.5 Å². The van der Waals surface area contributed by atoms with Crippen molar-refractivity contribution < 1.29 is 18.7 Å². The average molecular weight is 372 g/mol. The lowest BCUT2D eigenvalue weighted by molar-refractivity contribution is -0.113. The van der Waals surface area contributed by atoms with E-state index >= 15 is 0 Å². The zero-order valence-corrected chi connectivity index (χ0v) is 15.1. The van der Waals surface area contributed by atoms with Crippen molar-refractivity contribution in [1.29, 1.82) is 0 Å². The molecule has 134 valence electrons.